The van der Waals surface area contributed by atoms with E-state index in [1.165, 1.54) is 12.1 Å². The summed E-state index contributed by atoms with van der Waals surface area (Å²) in [7, 11) is -3.64. The maximum Gasteiger partial charge on any atom is 0.242 e. The maximum absolute atomic E-state index is 12.1. The van der Waals surface area contributed by atoms with E-state index >= 15 is 0 Å². The van der Waals surface area contributed by atoms with Gasteiger partial charge in [0.05, 0.1) is 17.8 Å². The fourth-order valence-electron chi connectivity index (χ4n) is 1.73. The number of hydrogen-bond donors (Lipinski definition) is 2. The van der Waals surface area contributed by atoms with E-state index in [2.05, 4.69) is 9.71 Å². The normalized spacial score (nSPS) is 17.0. The molecule has 1 aliphatic rings. The van der Waals surface area contributed by atoms with Crippen molar-refractivity contribution in [2.75, 3.05) is 13.1 Å². The highest BCUT2D eigenvalue weighted by molar-refractivity contribution is 7.89. The molecule has 1 heterocycles. The Hall–Kier alpha value is -0.630. The van der Waals surface area contributed by atoms with Crippen molar-refractivity contribution >= 4 is 39.6 Å². The molecule has 0 radical (unpaired) electrons. The van der Waals surface area contributed by atoms with Gasteiger partial charge in [-0.05, 0) is 18.2 Å². The van der Waals surface area contributed by atoms with Crippen molar-refractivity contribution in [1.82, 2.24) is 4.72 Å². The lowest BCUT2D eigenvalue weighted by atomic mass is 10.4. The van der Waals surface area contributed by atoms with Gasteiger partial charge in [0.2, 0.25) is 10.0 Å². The molecule has 0 aromatic heterocycles. The Bertz CT molecular complexity index is 635. The highest BCUT2D eigenvalue weighted by atomic mass is 35.5. The van der Waals surface area contributed by atoms with Gasteiger partial charge in [-0.25, -0.2) is 18.1 Å². The van der Waals surface area contributed by atoms with Gasteiger partial charge in [0.25, 0.3) is 0 Å². The molecule has 2 N–H and O–H groups in total. The van der Waals surface area contributed by atoms with Crippen LogP contribution in [-0.4, -0.2) is 27.8 Å². The summed E-state index contributed by atoms with van der Waals surface area (Å²) in [5, 5.41) is 0.486. The number of quaternary nitrogens is 1. The summed E-state index contributed by atoms with van der Waals surface area (Å²) in [5.41, 5.74) is 0. The lowest BCUT2D eigenvalue weighted by Crippen LogP contribution is -3.05. The number of benzene rings is 1. The first kappa shape index (κ1) is 18.4. The van der Waals surface area contributed by atoms with Gasteiger partial charge in [-0.15, -0.1) is 0 Å². The van der Waals surface area contributed by atoms with Crippen molar-refractivity contribution in [1.29, 1.82) is 0 Å². The minimum atomic E-state index is -3.64. The lowest BCUT2D eigenvalue weighted by molar-refractivity contribution is -0.736. The molecule has 0 amide bonds. The molecule has 0 fully saturated rings. The van der Waals surface area contributed by atoms with Crippen LogP contribution in [0.3, 0.4) is 0 Å². The van der Waals surface area contributed by atoms with Crippen LogP contribution in [0, 0.1) is 0 Å². The van der Waals surface area contributed by atoms with Crippen molar-refractivity contribution in [2.45, 2.75) is 11.3 Å². The molecule has 5 nitrogen and oxygen atoms in total. The van der Waals surface area contributed by atoms with Crippen LogP contribution in [0.5, 0.6) is 0 Å². The fraction of sp³-hybridized carbons (Fsp3) is 0.250. The zero-order valence-corrected chi connectivity index (χ0v) is 14.0. The summed E-state index contributed by atoms with van der Waals surface area (Å²) in [6.07, 6.45) is 6.07. The second-order valence-corrected chi connectivity index (χ2v) is 6.82. The summed E-state index contributed by atoms with van der Waals surface area (Å²) >= 11 is 11.7. The first-order chi connectivity index (χ1) is 9.49. The van der Waals surface area contributed by atoms with Gasteiger partial charge in [0.15, 0.2) is 6.34 Å². The molecular formula is C12H14Cl3N3O2S. The topological polar surface area (TPSA) is 63.0 Å². The van der Waals surface area contributed by atoms with Gasteiger partial charge in [-0.3, -0.25) is 4.90 Å². The van der Waals surface area contributed by atoms with Gasteiger partial charge in [0.1, 0.15) is 11.1 Å². The quantitative estimate of drug-likeness (QED) is 0.573. The minimum Gasteiger partial charge on any atom is -1.00 e. The van der Waals surface area contributed by atoms with Crippen LogP contribution in [0.15, 0.2) is 40.5 Å². The molecule has 0 saturated carbocycles. The average molecular weight is 371 g/mol. The first-order valence-electron chi connectivity index (χ1n) is 5.99. The molecule has 1 aromatic carbocycles. The van der Waals surface area contributed by atoms with Gasteiger partial charge in [-0.2, -0.15) is 0 Å². The Morgan fingerprint density at radius 1 is 1.29 bits per heavy atom. The number of halogens is 3. The van der Waals surface area contributed by atoms with Crippen LogP contribution in [0.4, 0.5) is 0 Å². The Morgan fingerprint density at radius 3 is 2.71 bits per heavy atom. The Morgan fingerprint density at radius 2 is 2.05 bits per heavy atom. The molecule has 2 rings (SSSR count). The molecule has 116 valence electrons. The van der Waals surface area contributed by atoms with E-state index in [-0.39, 0.29) is 22.3 Å². The van der Waals surface area contributed by atoms with E-state index < -0.39 is 10.0 Å². The van der Waals surface area contributed by atoms with Crippen LogP contribution in [0.2, 0.25) is 10.0 Å². The van der Waals surface area contributed by atoms with E-state index in [0.29, 0.717) is 18.0 Å². The molecular weight excluding hydrogens is 357 g/mol. The predicted molar refractivity (Wildman–Crippen MR) is 79.7 cm³/mol. The summed E-state index contributed by atoms with van der Waals surface area (Å²) in [6.45, 7) is 1.10. The van der Waals surface area contributed by atoms with Crippen LogP contribution in [0.1, 0.15) is 6.42 Å². The molecule has 1 unspecified atom stereocenters. The smallest absolute Gasteiger partial charge is 0.242 e. The number of aliphatic imine (C=N–C) groups is 1. The molecule has 1 atom stereocenters. The summed E-state index contributed by atoms with van der Waals surface area (Å²) in [6, 6.07) is 4.35. The largest absolute Gasteiger partial charge is 1.00 e. The van der Waals surface area contributed by atoms with E-state index in [1.807, 2.05) is 6.20 Å². The third-order valence-corrected chi connectivity index (χ3v) is 4.91. The standard InChI is InChI=1S/C12H13Cl2N3O2S.ClH/c13-10-2-3-11(14)12(8-10)20(18,19)16-4-1-6-17-7-5-15-9-17;/h2-3,5,7-9,16H,1,4,6H2;1H. The molecule has 1 aliphatic heterocycles. The van der Waals surface area contributed by atoms with Crippen LogP contribution >= 0.6 is 23.2 Å². The van der Waals surface area contributed by atoms with Crippen molar-refractivity contribution in [3.05, 3.63) is 40.6 Å². The second-order valence-electron chi connectivity index (χ2n) is 4.24. The number of sulfonamides is 1. The number of nitrogens with one attached hydrogen (secondary N) is 2. The van der Waals surface area contributed by atoms with Gasteiger partial charge in [-0.1, -0.05) is 23.2 Å². The van der Waals surface area contributed by atoms with Crippen molar-refractivity contribution < 1.29 is 25.7 Å². The van der Waals surface area contributed by atoms with Crippen molar-refractivity contribution in [2.24, 2.45) is 4.99 Å². The molecule has 0 spiro atoms. The lowest BCUT2D eigenvalue weighted by Gasteiger charge is -2.09. The molecule has 21 heavy (non-hydrogen) atoms. The van der Waals surface area contributed by atoms with E-state index in [4.69, 9.17) is 23.2 Å². The summed E-state index contributed by atoms with van der Waals surface area (Å²) in [4.78, 5) is 5.04. The maximum atomic E-state index is 12.1. The second kappa shape index (κ2) is 8.12. The monoisotopic (exact) mass is 369 g/mol. The number of nitrogens with zero attached hydrogens (tertiary/aromatic N) is 1. The Labute approximate surface area is 140 Å². The fourth-order valence-corrected chi connectivity index (χ4v) is 3.56. The third-order valence-electron chi connectivity index (χ3n) is 2.73. The highest BCUT2D eigenvalue weighted by Gasteiger charge is 2.18. The van der Waals surface area contributed by atoms with Gasteiger partial charge >= 0.3 is 0 Å². The van der Waals surface area contributed by atoms with Gasteiger partial charge < -0.3 is 12.4 Å². The highest BCUT2D eigenvalue weighted by Crippen LogP contribution is 2.24. The predicted octanol–water partition coefficient (Wildman–Crippen LogP) is -1.94. The van der Waals surface area contributed by atoms with Crippen LogP contribution < -0.4 is 22.0 Å². The van der Waals surface area contributed by atoms with E-state index in [0.717, 1.165) is 11.4 Å². The SMILES string of the molecule is O=S(=O)(NCCC[NH+]1C=CN=C1)c1cc(Cl)ccc1Cl.[Cl-]. The summed E-state index contributed by atoms with van der Waals surface area (Å²) < 4.78 is 26.7. The van der Waals surface area contributed by atoms with Crippen molar-refractivity contribution in [3.63, 3.8) is 0 Å². The summed E-state index contributed by atoms with van der Waals surface area (Å²) in [5.74, 6) is 0. The number of hydrogen-bond acceptors (Lipinski definition) is 3. The third kappa shape index (κ3) is 5.25. The van der Waals surface area contributed by atoms with Gasteiger partial charge in [0, 0.05) is 18.0 Å². The minimum absolute atomic E-state index is 0. The molecule has 1 aromatic rings. The van der Waals surface area contributed by atoms with E-state index in [9.17, 15) is 8.42 Å². The average Bonchev–Trinajstić information content (AvgIpc) is 2.90. The number of rotatable bonds is 6. The molecule has 0 aliphatic carbocycles. The molecule has 0 bridgehead atoms. The Kier molecular flexibility index (Phi) is 7.12. The van der Waals surface area contributed by atoms with Crippen LogP contribution in [-0.2, 0) is 10.0 Å². The zero-order valence-electron chi connectivity index (χ0n) is 10.9. The van der Waals surface area contributed by atoms with Crippen LogP contribution in [0.25, 0.3) is 0 Å². The zero-order chi connectivity index (χ0) is 14.6. The van der Waals surface area contributed by atoms with E-state index in [1.54, 1.807) is 18.6 Å². The van der Waals surface area contributed by atoms with Crippen molar-refractivity contribution in [3.8, 4) is 0 Å². The molecule has 0 saturated heterocycles. The Balaban J connectivity index is 0.00000220. The molecule has 9 heteroatoms. The first-order valence-corrected chi connectivity index (χ1v) is 8.23.